The number of aromatic nitrogens is 1. The molecule has 5 nitrogen and oxygen atoms in total. The van der Waals surface area contributed by atoms with Gasteiger partial charge in [0.25, 0.3) is 5.91 Å². The number of carbonyl (C=O) groups excluding carboxylic acids is 1. The molecule has 0 saturated carbocycles. The lowest BCUT2D eigenvalue weighted by atomic mass is 10.2. The normalized spacial score (nSPS) is 10.1. The molecule has 1 aromatic heterocycles. The number of halogens is 1. The van der Waals surface area contributed by atoms with Crippen LogP contribution < -0.4 is 5.32 Å². The molecule has 6 heteroatoms. The summed E-state index contributed by atoms with van der Waals surface area (Å²) in [5, 5.41) is 11.6. The van der Waals surface area contributed by atoms with E-state index >= 15 is 0 Å². The van der Waals surface area contributed by atoms with E-state index in [1.54, 1.807) is 19.1 Å². The molecule has 0 saturated heterocycles. The lowest BCUT2D eigenvalue weighted by Gasteiger charge is -2.06. The predicted molar refractivity (Wildman–Crippen MR) is 83.0 cm³/mol. The van der Waals surface area contributed by atoms with E-state index in [9.17, 15) is 9.59 Å². The quantitative estimate of drug-likeness (QED) is 0.801. The number of hydrogen-bond acceptors (Lipinski definition) is 3. The summed E-state index contributed by atoms with van der Waals surface area (Å²) in [6.07, 6.45) is 0. The Bertz CT molecular complexity index is 669. The molecule has 0 aliphatic rings. The highest BCUT2D eigenvalue weighted by Gasteiger charge is 2.13. The molecule has 2 rings (SSSR count). The molecular formula is C14H11IN2O3. The Hall–Kier alpha value is -1.96. The first-order valence-electron chi connectivity index (χ1n) is 5.75. The summed E-state index contributed by atoms with van der Waals surface area (Å²) in [4.78, 5) is 26.9. The van der Waals surface area contributed by atoms with Crippen molar-refractivity contribution >= 4 is 40.2 Å². The van der Waals surface area contributed by atoms with E-state index in [0.717, 1.165) is 3.57 Å². The highest BCUT2D eigenvalue weighted by molar-refractivity contribution is 14.1. The zero-order chi connectivity index (χ0) is 14.7. The number of anilines is 1. The maximum atomic E-state index is 12.0. The molecule has 0 radical (unpaired) electrons. The first-order chi connectivity index (χ1) is 9.47. The molecule has 1 aromatic carbocycles. The number of aryl methyl sites for hydroxylation is 1. The number of nitrogens with zero attached hydrogens (tertiary/aromatic N) is 1. The minimum atomic E-state index is -1.06. The number of aromatic carboxylic acids is 1. The van der Waals surface area contributed by atoms with Crippen LogP contribution in [0.3, 0.4) is 0 Å². The van der Waals surface area contributed by atoms with Crippen molar-refractivity contribution in [2.45, 2.75) is 6.92 Å². The van der Waals surface area contributed by atoms with Gasteiger partial charge in [-0.05, 0) is 65.9 Å². The van der Waals surface area contributed by atoms with E-state index in [4.69, 9.17) is 5.11 Å². The third-order valence-corrected chi connectivity index (χ3v) is 3.37. The zero-order valence-electron chi connectivity index (χ0n) is 10.6. The molecule has 0 aliphatic carbocycles. The van der Waals surface area contributed by atoms with Gasteiger partial charge >= 0.3 is 5.97 Å². The van der Waals surface area contributed by atoms with Crippen LogP contribution in [0.1, 0.15) is 26.5 Å². The van der Waals surface area contributed by atoms with Crippen molar-refractivity contribution < 1.29 is 14.7 Å². The van der Waals surface area contributed by atoms with Gasteiger partial charge in [-0.2, -0.15) is 0 Å². The van der Waals surface area contributed by atoms with Gasteiger partial charge in [-0.25, -0.2) is 9.78 Å². The number of carboxylic acids is 1. The molecule has 2 N–H and O–H groups in total. The summed E-state index contributed by atoms with van der Waals surface area (Å²) in [6.45, 7) is 1.56. The lowest BCUT2D eigenvalue weighted by molar-refractivity contribution is 0.0695. The SMILES string of the molecule is Cc1nc(C(=O)Nc2ccc(I)cc2)ccc1C(=O)O. The number of pyridine rings is 1. The van der Waals surface area contributed by atoms with Crippen LogP contribution in [0.4, 0.5) is 5.69 Å². The second-order valence-corrected chi connectivity index (χ2v) is 5.34. The second-order valence-electron chi connectivity index (χ2n) is 4.10. The fraction of sp³-hybridized carbons (Fsp3) is 0.0714. The summed E-state index contributed by atoms with van der Waals surface area (Å²) < 4.78 is 1.07. The average molecular weight is 382 g/mol. The number of amides is 1. The Morgan fingerprint density at radius 3 is 2.35 bits per heavy atom. The van der Waals surface area contributed by atoms with Crippen LogP contribution in [0, 0.1) is 10.5 Å². The molecular weight excluding hydrogens is 371 g/mol. The van der Waals surface area contributed by atoms with Crippen molar-refractivity contribution in [2.75, 3.05) is 5.32 Å². The Labute approximate surface area is 129 Å². The van der Waals surface area contributed by atoms with E-state index in [1.165, 1.54) is 12.1 Å². The first kappa shape index (κ1) is 14.4. The number of carboxylic acid groups (broad SMARTS) is 1. The highest BCUT2D eigenvalue weighted by Crippen LogP contribution is 2.13. The van der Waals surface area contributed by atoms with E-state index in [2.05, 4.69) is 32.9 Å². The molecule has 20 heavy (non-hydrogen) atoms. The number of rotatable bonds is 3. The van der Waals surface area contributed by atoms with Crippen molar-refractivity contribution in [1.29, 1.82) is 0 Å². The second kappa shape index (κ2) is 6.00. The van der Waals surface area contributed by atoms with Gasteiger partial charge in [0.05, 0.1) is 11.3 Å². The molecule has 1 amide bonds. The molecule has 0 fully saturated rings. The van der Waals surface area contributed by atoms with Crippen LogP contribution in [0.25, 0.3) is 0 Å². The first-order valence-corrected chi connectivity index (χ1v) is 6.83. The summed E-state index contributed by atoms with van der Waals surface area (Å²) in [5.41, 5.74) is 1.26. The van der Waals surface area contributed by atoms with Gasteiger partial charge in [-0.3, -0.25) is 4.79 Å². The summed E-state index contributed by atoms with van der Waals surface area (Å²) in [6, 6.07) is 10.1. The van der Waals surface area contributed by atoms with Gasteiger partial charge in [0.2, 0.25) is 0 Å². The predicted octanol–water partition coefficient (Wildman–Crippen LogP) is 2.95. The van der Waals surface area contributed by atoms with Crippen LogP contribution in [-0.4, -0.2) is 22.0 Å². The number of nitrogens with one attached hydrogen (secondary N) is 1. The van der Waals surface area contributed by atoms with Crippen molar-refractivity contribution in [2.24, 2.45) is 0 Å². The van der Waals surface area contributed by atoms with E-state index in [1.807, 2.05) is 12.1 Å². The molecule has 0 atom stereocenters. The summed E-state index contributed by atoms with van der Waals surface area (Å²) >= 11 is 2.18. The maximum absolute atomic E-state index is 12.0. The zero-order valence-corrected chi connectivity index (χ0v) is 12.7. The maximum Gasteiger partial charge on any atom is 0.337 e. The molecule has 0 unspecified atom stereocenters. The fourth-order valence-electron chi connectivity index (χ4n) is 1.64. The van der Waals surface area contributed by atoms with E-state index in [0.29, 0.717) is 11.4 Å². The van der Waals surface area contributed by atoms with Gasteiger partial charge in [-0.1, -0.05) is 0 Å². The van der Waals surface area contributed by atoms with Gasteiger partial charge in [0.15, 0.2) is 0 Å². The fourth-order valence-corrected chi connectivity index (χ4v) is 2.00. The number of carbonyl (C=O) groups is 2. The molecule has 102 valence electrons. The van der Waals surface area contributed by atoms with Gasteiger partial charge < -0.3 is 10.4 Å². The Morgan fingerprint density at radius 1 is 1.15 bits per heavy atom. The number of benzene rings is 1. The van der Waals surface area contributed by atoms with Gasteiger partial charge in [-0.15, -0.1) is 0 Å². The molecule has 0 bridgehead atoms. The minimum absolute atomic E-state index is 0.0933. The minimum Gasteiger partial charge on any atom is -0.478 e. The topological polar surface area (TPSA) is 79.3 Å². The van der Waals surface area contributed by atoms with Crippen molar-refractivity contribution in [3.8, 4) is 0 Å². The van der Waals surface area contributed by atoms with Crippen LogP contribution in [0.15, 0.2) is 36.4 Å². The van der Waals surface area contributed by atoms with Crippen LogP contribution in [0.2, 0.25) is 0 Å². The van der Waals surface area contributed by atoms with Crippen LogP contribution in [-0.2, 0) is 0 Å². The Kier molecular flexibility index (Phi) is 4.33. The van der Waals surface area contributed by atoms with Crippen molar-refractivity contribution in [3.05, 3.63) is 56.9 Å². The molecule has 1 heterocycles. The van der Waals surface area contributed by atoms with Gasteiger partial charge in [0.1, 0.15) is 5.69 Å². The summed E-state index contributed by atoms with van der Waals surface area (Å²) in [5.74, 6) is -1.43. The number of hydrogen-bond donors (Lipinski definition) is 2. The molecule has 2 aromatic rings. The third kappa shape index (κ3) is 3.32. The lowest BCUT2D eigenvalue weighted by Crippen LogP contribution is -2.15. The van der Waals surface area contributed by atoms with E-state index < -0.39 is 5.97 Å². The molecule has 0 spiro atoms. The van der Waals surface area contributed by atoms with Crippen molar-refractivity contribution in [3.63, 3.8) is 0 Å². The van der Waals surface area contributed by atoms with Gasteiger partial charge in [0, 0.05) is 9.26 Å². The monoisotopic (exact) mass is 382 g/mol. The largest absolute Gasteiger partial charge is 0.478 e. The summed E-state index contributed by atoms with van der Waals surface area (Å²) in [7, 11) is 0. The highest BCUT2D eigenvalue weighted by atomic mass is 127. The Balaban J connectivity index is 2.19. The van der Waals surface area contributed by atoms with Crippen LogP contribution >= 0.6 is 22.6 Å². The molecule has 0 aliphatic heterocycles. The average Bonchev–Trinajstić information content (AvgIpc) is 2.40. The Morgan fingerprint density at radius 2 is 1.80 bits per heavy atom. The van der Waals surface area contributed by atoms with Crippen molar-refractivity contribution in [1.82, 2.24) is 4.98 Å². The third-order valence-electron chi connectivity index (χ3n) is 2.65. The smallest absolute Gasteiger partial charge is 0.337 e. The van der Waals surface area contributed by atoms with E-state index in [-0.39, 0.29) is 17.2 Å². The standard InChI is InChI=1S/C14H11IN2O3/c1-8-11(14(19)20)6-7-12(16-8)13(18)17-10-4-2-9(15)3-5-10/h2-7H,1H3,(H,17,18)(H,19,20). The van der Waals surface area contributed by atoms with Crippen LogP contribution in [0.5, 0.6) is 0 Å².